The van der Waals surface area contributed by atoms with Gasteiger partial charge in [-0.2, -0.15) is 10.3 Å². The molecule has 1 aromatic carbocycles. The predicted octanol–water partition coefficient (Wildman–Crippen LogP) is 1.71. The molecule has 2 rings (SSSR count). The van der Waals surface area contributed by atoms with Crippen LogP contribution in [-0.2, 0) is 11.2 Å². The minimum atomic E-state index is -0.530. The molecule has 0 unspecified atom stereocenters. The van der Waals surface area contributed by atoms with Gasteiger partial charge in [-0.1, -0.05) is 12.1 Å². The summed E-state index contributed by atoms with van der Waals surface area (Å²) in [6.45, 7) is 1.98. The van der Waals surface area contributed by atoms with E-state index in [1.54, 1.807) is 19.1 Å². The van der Waals surface area contributed by atoms with Crippen molar-refractivity contribution in [3.8, 4) is 0 Å². The average Bonchev–Trinajstić information content (AvgIpc) is 2.77. The Kier molecular flexibility index (Phi) is 3.66. The van der Waals surface area contributed by atoms with Gasteiger partial charge in [0.2, 0.25) is 0 Å². The summed E-state index contributed by atoms with van der Waals surface area (Å²) in [4.78, 5) is 11.6. The second-order valence-electron chi connectivity index (χ2n) is 3.65. The van der Waals surface area contributed by atoms with E-state index >= 15 is 0 Å². The minimum Gasteiger partial charge on any atom is -0.461 e. The Labute approximate surface area is 103 Å². The normalized spacial score (nSPS) is 10.3. The molecule has 0 aliphatic carbocycles. The third-order valence-corrected chi connectivity index (χ3v) is 2.35. The quantitative estimate of drug-likeness (QED) is 0.837. The molecule has 0 amide bonds. The second-order valence-corrected chi connectivity index (χ2v) is 3.65. The van der Waals surface area contributed by atoms with E-state index in [0.29, 0.717) is 12.1 Å². The molecule has 1 heterocycles. The summed E-state index contributed by atoms with van der Waals surface area (Å²) in [6, 6.07) is 6.11. The summed E-state index contributed by atoms with van der Waals surface area (Å²) in [5.41, 5.74) is 1.30. The number of carbonyl (C=O) groups excluding carboxylic acids is 1. The van der Waals surface area contributed by atoms with Crippen molar-refractivity contribution in [2.24, 2.45) is 0 Å². The first-order chi connectivity index (χ1) is 8.70. The van der Waals surface area contributed by atoms with E-state index in [2.05, 4.69) is 15.4 Å². The molecule has 5 nitrogen and oxygen atoms in total. The zero-order valence-corrected chi connectivity index (χ0v) is 9.81. The molecule has 94 valence electrons. The average molecular weight is 249 g/mol. The van der Waals surface area contributed by atoms with Crippen LogP contribution >= 0.6 is 0 Å². The van der Waals surface area contributed by atoms with Crippen molar-refractivity contribution in [1.82, 2.24) is 15.4 Å². The topological polar surface area (TPSA) is 67.9 Å². The highest BCUT2D eigenvalue weighted by Gasteiger charge is 2.17. The highest BCUT2D eigenvalue weighted by atomic mass is 19.1. The van der Waals surface area contributed by atoms with E-state index in [1.165, 1.54) is 12.1 Å². The zero-order valence-electron chi connectivity index (χ0n) is 9.81. The smallest absolute Gasteiger partial charge is 0.360 e. The molecule has 0 aliphatic heterocycles. The Balaban J connectivity index is 2.20. The van der Waals surface area contributed by atoms with Crippen LogP contribution in [0.4, 0.5) is 4.39 Å². The number of carbonyl (C=O) groups is 1. The molecule has 0 saturated carbocycles. The maximum atomic E-state index is 13.0. The highest BCUT2D eigenvalue weighted by Crippen LogP contribution is 2.12. The van der Waals surface area contributed by atoms with Gasteiger partial charge in [0, 0.05) is 6.42 Å². The molecular formula is C12H12FN3O2. The van der Waals surface area contributed by atoms with Crippen LogP contribution in [0, 0.1) is 5.82 Å². The number of halogens is 1. The Morgan fingerprint density at radius 1 is 1.44 bits per heavy atom. The Morgan fingerprint density at radius 3 is 3.00 bits per heavy atom. The summed E-state index contributed by atoms with van der Waals surface area (Å²) in [5.74, 6) is -0.855. The highest BCUT2D eigenvalue weighted by molar-refractivity contribution is 5.88. The molecule has 1 aromatic heterocycles. The van der Waals surface area contributed by atoms with Gasteiger partial charge in [-0.3, -0.25) is 0 Å². The van der Waals surface area contributed by atoms with Crippen LogP contribution in [0.3, 0.4) is 0 Å². The fourth-order valence-corrected chi connectivity index (χ4v) is 1.58. The first-order valence-corrected chi connectivity index (χ1v) is 5.52. The van der Waals surface area contributed by atoms with Gasteiger partial charge < -0.3 is 4.74 Å². The van der Waals surface area contributed by atoms with Gasteiger partial charge in [0.15, 0.2) is 5.69 Å². The predicted molar refractivity (Wildman–Crippen MR) is 61.5 cm³/mol. The van der Waals surface area contributed by atoms with E-state index in [0.717, 1.165) is 5.56 Å². The maximum absolute atomic E-state index is 13.0. The van der Waals surface area contributed by atoms with Crippen LogP contribution in [-0.4, -0.2) is 28.0 Å². The summed E-state index contributed by atoms with van der Waals surface area (Å²) >= 11 is 0. The minimum absolute atomic E-state index is 0.140. The van der Waals surface area contributed by atoms with Gasteiger partial charge in [-0.25, -0.2) is 9.18 Å². The lowest BCUT2D eigenvalue weighted by Crippen LogP contribution is -2.08. The molecule has 0 aliphatic rings. The third kappa shape index (κ3) is 2.71. The molecular weight excluding hydrogens is 237 g/mol. The number of aromatic nitrogens is 3. The zero-order chi connectivity index (χ0) is 13.0. The number of hydrogen-bond acceptors (Lipinski definition) is 4. The van der Waals surface area contributed by atoms with Crippen molar-refractivity contribution in [3.05, 3.63) is 47.0 Å². The molecule has 0 radical (unpaired) electrons. The van der Waals surface area contributed by atoms with Crippen LogP contribution in [0.2, 0.25) is 0 Å². The molecule has 6 heteroatoms. The molecule has 0 atom stereocenters. The molecule has 2 aromatic rings. The van der Waals surface area contributed by atoms with Crippen LogP contribution in [0.5, 0.6) is 0 Å². The van der Waals surface area contributed by atoms with Gasteiger partial charge in [-0.15, -0.1) is 5.10 Å². The van der Waals surface area contributed by atoms with Crippen molar-refractivity contribution in [3.63, 3.8) is 0 Å². The lowest BCUT2D eigenvalue weighted by molar-refractivity contribution is 0.0518. The van der Waals surface area contributed by atoms with E-state index < -0.39 is 5.97 Å². The van der Waals surface area contributed by atoms with Crippen LogP contribution in [0.1, 0.15) is 28.7 Å². The molecule has 18 heavy (non-hydrogen) atoms. The van der Waals surface area contributed by atoms with Gasteiger partial charge in [0.05, 0.1) is 6.61 Å². The second kappa shape index (κ2) is 5.39. The lowest BCUT2D eigenvalue weighted by Gasteiger charge is -2.01. The number of H-pyrrole nitrogens is 1. The first-order valence-electron chi connectivity index (χ1n) is 5.52. The number of nitrogens with one attached hydrogen (secondary N) is 1. The molecule has 0 fully saturated rings. The van der Waals surface area contributed by atoms with E-state index in [9.17, 15) is 9.18 Å². The van der Waals surface area contributed by atoms with Gasteiger partial charge in [0.1, 0.15) is 11.5 Å². The Bertz CT molecular complexity index is 554. The number of nitrogens with zero attached hydrogens (tertiary/aromatic N) is 2. The van der Waals surface area contributed by atoms with Crippen molar-refractivity contribution in [2.75, 3.05) is 6.61 Å². The van der Waals surface area contributed by atoms with Crippen molar-refractivity contribution < 1.29 is 13.9 Å². The fourth-order valence-electron chi connectivity index (χ4n) is 1.58. The molecule has 1 N–H and O–H groups in total. The van der Waals surface area contributed by atoms with Crippen LogP contribution in [0.25, 0.3) is 0 Å². The van der Waals surface area contributed by atoms with Gasteiger partial charge in [0.25, 0.3) is 0 Å². The summed E-state index contributed by atoms with van der Waals surface area (Å²) in [5, 5.41) is 10.0. The Hall–Kier alpha value is -2.24. The largest absolute Gasteiger partial charge is 0.461 e. The third-order valence-electron chi connectivity index (χ3n) is 2.35. The molecule has 0 spiro atoms. The van der Waals surface area contributed by atoms with Crippen LogP contribution < -0.4 is 0 Å². The molecule has 0 saturated heterocycles. The number of rotatable bonds is 4. The van der Waals surface area contributed by atoms with Crippen LogP contribution in [0.15, 0.2) is 24.3 Å². The fraction of sp³-hybridized carbons (Fsp3) is 0.250. The van der Waals surface area contributed by atoms with E-state index in [-0.39, 0.29) is 18.1 Å². The van der Waals surface area contributed by atoms with E-state index in [1.807, 2.05) is 0 Å². The first kappa shape index (κ1) is 12.2. The summed E-state index contributed by atoms with van der Waals surface area (Å²) < 4.78 is 17.9. The summed E-state index contributed by atoms with van der Waals surface area (Å²) in [6.07, 6.45) is 0.322. The van der Waals surface area contributed by atoms with Gasteiger partial charge >= 0.3 is 5.97 Å². The number of aromatic amines is 1. The van der Waals surface area contributed by atoms with Crippen molar-refractivity contribution in [1.29, 1.82) is 0 Å². The standard InChI is InChI=1S/C12H12FN3O2/c1-2-18-12(17)11-10(14-16-15-11)7-8-4-3-5-9(13)6-8/h3-6H,2,7H2,1H3,(H,14,15,16). The summed E-state index contributed by atoms with van der Waals surface area (Å²) in [7, 11) is 0. The van der Waals surface area contributed by atoms with Crippen molar-refractivity contribution in [2.45, 2.75) is 13.3 Å². The monoisotopic (exact) mass is 249 g/mol. The van der Waals surface area contributed by atoms with Crippen molar-refractivity contribution >= 4 is 5.97 Å². The number of benzene rings is 1. The number of ether oxygens (including phenoxy) is 1. The maximum Gasteiger partial charge on any atom is 0.360 e. The van der Waals surface area contributed by atoms with E-state index in [4.69, 9.17) is 4.74 Å². The Morgan fingerprint density at radius 2 is 2.28 bits per heavy atom. The SMILES string of the molecule is CCOC(=O)c1n[nH]nc1Cc1cccc(F)c1. The number of hydrogen-bond donors (Lipinski definition) is 1. The molecule has 0 bridgehead atoms. The lowest BCUT2D eigenvalue weighted by atomic mass is 10.1. The number of esters is 1. The van der Waals surface area contributed by atoms with Gasteiger partial charge in [-0.05, 0) is 24.6 Å².